The molecule has 0 aliphatic heterocycles. The zero-order chi connectivity index (χ0) is 23.8. The molecule has 1 aromatic heterocycles. The fourth-order valence-electron chi connectivity index (χ4n) is 3.41. The lowest BCUT2D eigenvalue weighted by Crippen LogP contribution is -2.26. The van der Waals surface area contributed by atoms with Gasteiger partial charge in [-0.15, -0.1) is 11.3 Å². The number of methoxy groups -OCH3 is 1. The first-order chi connectivity index (χ1) is 15.7. The zero-order valence-corrected chi connectivity index (χ0v) is 20.5. The van der Waals surface area contributed by atoms with Gasteiger partial charge in [0.05, 0.1) is 22.6 Å². The van der Waals surface area contributed by atoms with Crippen LogP contribution in [0.1, 0.15) is 15.2 Å². The van der Waals surface area contributed by atoms with Gasteiger partial charge in [-0.3, -0.25) is 9.10 Å². The average Bonchev–Trinajstić information content (AvgIpc) is 3.22. The van der Waals surface area contributed by atoms with Crippen molar-refractivity contribution in [2.45, 2.75) is 11.8 Å². The summed E-state index contributed by atoms with van der Waals surface area (Å²) < 4.78 is 33.7. The van der Waals surface area contributed by atoms with Gasteiger partial charge in [0.15, 0.2) is 0 Å². The minimum atomic E-state index is -3.77. The molecule has 0 saturated carbocycles. The van der Waals surface area contributed by atoms with Crippen LogP contribution in [0.5, 0.6) is 5.75 Å². The Balaban J connectivity index is 1.61. The Morgan fingerprint density at radius 2 is 1.85 bits per heavy atom. The summed E-state index contributed by atoms with van der Waals surface area (Å²) in [6.45, 7) is 1.80. The number of rotatable bonds is 6. The van der Waals surface area contributed by atoms with E-state index >= 15 is 0 Å². The Hall–Kier alpha value is -3.07. The first-order valence-corrected chi connectivity index (χ1v) is 12.6. The average molecular weight is 501 g/mol. The highest BCUT2D eigenvalue weighted by atomic mass is 35.5. The van der Waals surface area contributed by atoms with Crippen LogP contribution in [0.15, 0.2) is 71.6 Å². The lowest BCUT2D eigenvalue weighted by Gasteiger charge is -2.20. The zero-order valence-electron chi connectivity index (χ0n) is 18.1. The molecule has 0 aliphatic rings. The molecular weight excluding hydrogens is 480 g/mol. The second kappa shape index (κ2) is 9.05. The van der Waals surface area contributed by atoms with Gasteiger partial charge in [0, 0.05) is 22.5 Å². The SMILES string of the molecule is COc1ccc(S(=O)(=O)N(C)c2ccc3sc(C(=O)Nc4cccc(Cl)c4)cc3c2)cc1C. The van der Waals surface area contributed by atoms with Crippen LogP contribution < -0.4 is 14.4 Å². The van der Waals surface area contributed by atoms with Crippen LogP contribution in [0.4, 0.5) is 11.4 Å². The van der Waals surface area contributed by atoms with Gasteiger partial charge in [0.1, 0.15) is 5.75 Å². The van der Waals surface area contributed by atoms with E-state index in [-0.39, 0.29) is 10.8 Å². The van der Waals surface area contributed by atoms with Crippen molar-refractivity contribution in [3.05, 3.63) is 82.2 Å². The topological polar surface area (TPSA) is 75.7 Å². The Morgan fingerprint density at radius 3 is 2.55 bits per heavy atom. The number of amides is 1. The molecule has 4 aromatic rings. The summed E-state index contributed by atoms with van der Waals surface area (Å²) >= 11 is 7.31. The number of carbonyl (C=O) groups is 1. The smallest absolute Gasteiger partial charge is 0.265 e. The summed E-state index contributed by atoms with van der Waals surface area (Å²) in [6, 6.07) is 18.7. The number of sulfonamides is 1. The number of halogens is 1. The third-order valence-electron chi connectivity index (χ3n) is 5.19. The number of fused-ring (bicyclic) bond motifs is 1. The van der Waals surface area contributed by atoms with E-state index in [1.165, 1.54) is 28.8 Å². The molecule has 6 nitrogen and oxygen atoms in total. The van der Waals surface area contributed by atoms with Gasteiger partial charge in [0.25, 0.3) is 15.9 Å². The number of thiophene rings is 1. The summed E-state index contributed by atoms with van der Waals surface area (Å²) in [5.41, 5.74) is 1.83. The van der Waals surface area contributed by atoms with Crippen LogP contribution in [0.3, 0.4) is 0 Å². The van der Waals surface area contributed by atoms with E-state index in [0.717, 1.165) is 15.6 Å². The molecule has 0 unspecified atom stereocenters. The van der Waals surface area contributed by atoms with Crippen molar-refractivity contribution in [1.82, 2.24) is 0 Å². The van der Waals surface area contributed by atoms with E-state index in [0.29, 0.717) is 27.0 Å². The van der Waals surface area contributed by atoms with Crippen molar-refractivity contribution in [2.24, 2.45) is 0 Å². The summed E-state index contributed by atoms with van der Waals surface area (Å²) in [5, 5.41) is 4.14. The van der Waals surface area contributed by atoms with Gasteiger partial charge >= 0.3 is 0 Å². The highest BCUT2D eigenvalue weighted by Gasteiger charge is 2.23. The third-order valence-corrected chi connectivity index (χ3v) is 8.33. The normalized spacial score (nSPS) is 11.4. The Kier molecular flexibility index (Phi) is 6.34. The molecule has 1 N–H and O–H groups in total. The van der Waals surface area contributed by atoms with Crippen LogP contribution >= 0.6 is 22.9 Å². The van der Waals surface area contributed by atoms with Gasteiger partial charge < -0.3 is 10.1 Å². The van der Waals surface area contributed by atoms with Crippen LogP contribution in [0.25, 0.3) is 10.1 Å². The number of ether oxygens (including phenoxy) is 1. The second-order valence-electron chi connectivity index (χ2n) is 7.40. The molecule has 4 rings (SSSR count). The first-order valence-electron chi connectivity index (χ1n) is 9.93. The van der Waals surface area contributed by atoms with Crippen LogP contribution in [0.2, 0.25) is 5.02 Å². The lowest BCUT2D eigenvalue weighted by atomic mass is 10.2. The standard InChI is InChI=1S/C24H21ClN2O4S2/c1-15-11-20(8-9-21(15)31-3)33(29,30)27(2)19-7-10-22-16(12-19)13-23(32-22)24(28)26-18-6-4-5-17(25)14-18/h4-14H,1-3H3,(H,26,28). The molecule has 0 aliphatic carbocycles. The highest BCUT2D eigenvalue weighted by Crippen LogP contribution is 2.32. The van der Waals surface area contributed by atoms with E-state index in [1.807, 2.05) is 6.07 Å². The van der Waals surface area contributed by atoms with Crippen molar-refractivity contribution >= 4 is 60.3 Å². The molecule has 1 heterocycles. The number of carbonyl (C=O) groups excluding carboxylic acids is 1. The number of nitrogens with zero attached hydrogens (tertiary/aromatic N) is 1. The minimum Gasteiger partial charge on any atom is -0.496 e. The Morgan fingerprint density at radius 1 is 1.06 bits per heavy atom. The molecule has 3 aromatic carbocycles. The largest absolute Gasteiger partial charge is 0.496 e. The molecule has 33 heavy (non-hydrogen) atoms. The van der Waals surface area contributed by atoms with Crippen molar-refractivity contribution in [3.63, 3.8) is 0 Å². The first kappa shape index (κ1) is 23.1. The van der Waals surface area contributed by atoms with Crippen molar-refractivity contribution < 1.29 is 17.9 Å². The van der Waals surface area contributed by atoms with Crippen molar-refractivity contribution in [2.75, 3.05) is 23.8 Å². The fraction of sp³-hybridized carbons (Fsp3) is 0.125. The molecule has 9 heteroatoms. The predicted molar refractivity (Wildman–Crippen MR) is 135 cm³/mol. The van der Waals surface area contributed by atoms with Gasteiger partial charge in [-0.25, -0.2) is 8.42 Å². The molecule has 0 bridgehead atoms. The molecule has 0 saturated heterocycles. The second-order valence-corrected chi connectivity index (χ2v) is 10.9. The van der Waals surface area contributed by atoms with Crippen LogP contribution in [0, 0.1) is 6.92 Å². The lowest BCUT2D eigenvalue weighted by molar-refractivity contribution is 0.103. The fourth-order valence-corrected chi connectivity index (χ4v) is 5.81. The maximum Gasteiger partial charge on any atom is 0.265 e. The summed E-state index contributed by atoms with van der Waals surface area (Å²) in [4.78, 5) is 13.4. The Bertz CT molecular complexity index is 1460. The van der Waals surface area contributed by atoms with E-state index in [9.17, 15) is 13.2 Å². The highest BCUT2D eigenvalue weighted by molar-refractivity contribution is 7.92. The summed E-state index contributed by atoms with van der Waals surface area (Å²) in [7, 11) is -0.720. The van der Waals surface area contributed by atoms with Gasteiger partial charge in [-0.2, -0.15) is 0 Å². The molecule has 1 amide bonds. The quantitative estimate of drug-likeness (QED) is 0.355. The monoisotopic (exact) mass is 500 g/mol. The summed E-state index contributed by atoms with van der Waals surface area (Å²) in [5.74, 6) is 0.370. The number of anilines is 2. The molecule has 0 radical (unpaired) electrons. The number of hydrogen-bond donors (Lipinski definition) is 1. The van der Waals surface area contributed by atoms with Crippen LogP contribution in [-0.4, -0.2) is 28.5 Å². The van der Waals surface area contributed by atoms with E-state index in [1.54, 1.807) is 68.6 Å². The van der Waals surface area contributed by atoms with Gasteiger partial charge in [0.2, 0.25) is 0 Å². The third kappa shape index (κ3) is 4.68. The summed E-state index contributed by atoms with van der Waals surface area (Å²) in [6.07, 6.45) is 0. The predicted octanol–water partition coefficient (Wildman–Crippen LogP) is 5.95. The van der Waals surface area contributed by atoms with E-state index in [4.69, 9.17) is 16.3 Å². The van der Waals surface area contributed by atoms with Gasteiger partial charge in [-0.1, -0.05) is 17.7 Å². The van der Waals surface area contributed by atoms with E-state index in [2.05, 4.69) is 5.32 Å². The number of nitrogens with one attached hydrogen (secondary N) is 1. The van der Waals surface area contributed by atoms with Crippen LogP contribution in [-0.2, 0) is 10.0 Å². The molecule has 0 fully saturated rings. The van der Waals surface area contributed by atoms with Crippen molar-refractivity contribution in [3.8, 4) is 5.75 Å². The molecular formula is C24H21ClN2O4S2. The number of aryl methyl sites for hydroxylation is 1. The Labute approximate surface area is 201 Å². The van der Waals surface area contributed by atoms with Crippen molar-refractivity contribution in [1.29, 1.82) is 0 Å². The number of benzene rings is 3. The van der Waals surface area contributed by atoms with E-state index < -0.39 is 10.0 Å². The molecule has 0 atom stereocenters. The maximum absolute atomic E-state index is 13.2. The maximum atomic E-state index is 13.2. The van der Waals surface area contributed by atoms with Gasteiger partial charge in [-0.05, 0) is 78.5 Å². The molecule has 0 spiro atoms. The molecule has 170 valence electrons. The minimum absolute atomic E-state index is 0.176. The number of hydrogen-bond acceptors (Lipinski definition) is 5.